The van der Waals surface area contributed by atoms with E-state index in [9.17, 15) is 9.59 Å². The van der Waals surface area contributed by atoms with Crippen LogP contribution in [0.25, 0.3) is 0 Å². The van der Waals surface area contributed by atoms with Crippen molar-refractivity contribution in [1.82, 2.24) is 10.2 Å². The lowest BCUT2D eigenvalue weighted by molar-refractivity contribution is -0.126. The van der Waals surface area contributed by atoms with Crippen LogP contribution in [0.15, 0.2) is 18.2 Å². The van der Waals surface area contributed by atoms with E-state index in [1.54, 1.807) is 4.90 Å². The molecule has 0 aromatic heterocycles. The molecule has 5 heteroatoms. The lowest BCUT2D eigenvalue weighted by Crippen LogP contribution is -2.52. The van der Waals surface area contributed by atoms with Crippen molar-refractivity contribution in [2.24, 2.45) is 0 Å². The zero-order chi connectivity index (χ0) is 17.2. The Bertz CT molecular complexity index is 585. The molecule has 0 radical (unpaired) electrons. The largest absolute Gasteiger partial charge is 0.350 e. The molecule has 126 valence electrons. The van der Waals surface area contributed by atoms with E-state index in [0.29, 0.717) is 13.0 Å². The molecular weight excluding hydrogens is 290 g/mol. The van der Waals surface area contributed by atoms with Gasteiger partial charge in [-0.2, -0.15) is 0 Å². The lowest BCUT2D eigenvalue weighted by atomic mass is 10.1. The first-order valence-corrected chi connectivity index (χ1v) is 8.15. The molecule has 0 spiro atoms. The summed E-state index contributed by atoms with van der Waals surface area (Å²) < 4.78 is 0. The van der Waals surface area contributed by atoms with Crippen LogP contribution in [0, 0.1) is 13.8 Å². The summed E-state index contributed by atoms with van der Waals surface area (Å²) in [4.78, 5) is 26.7. The Morgan fingerprint density at radius 3 is 2.35 bits per heavy atom. The number of urea groups is 1. The van der Waals surface area contributed by atoms with Gasteiger partial charge in [0.1, 0.15) is 6.04 Å². The number of nitrogens with zero attached hydrogens (tertiary/aromatic N) is 1. The first-order valence-electron chi connectivity index (χ1n) is 8.15. The Balaban J connectivity index is 2.10. The quantitative estimate of drug-likeness (QED) is 0.880. The van der Waals surface area contributed by atoms with Gasteiger partial charge in [-0.15, -0.1) is 0 Å². The van der Waals surface area contributed by atoms with Crippen LogP contribution >= 0.6 is 0 Å². The van der Waals surface area contributed by atoms with Crippen molar-refractivity contribution in [3.8, 4) is 0 Å². The molecule has 1 fully saturated rings. The number of amides is 3. The van der Waals surface area contributed by atoms with Crippen LogP contribution in [0.5, 0.6) is 0 Å². The van der Waals surface area contributed by atoms with E-state index in [-0.39, 0.29) is 17.5 Å². The van der Waals surface area contributed by atoms with Crippen LogP contribution in [-0.2, 0) is 4.79 Å². The van der Waals surface area contributed by atoms with E-state index in [1.165, 1.54) is 0 Å². The van der Waals surface area contributed by atoms with E-state index in [4.69, 9.17) is 0 Å². The maximum atomic E-state index is 12.6. The molecule has 3 amide bonds. The van der Waals surface area contributed by atoms with Gasteiger partial charge in [-0.05, 0) is 58.6 Å². The standard InChI is InChI=1S/C18H27N3O2/c1-12-8-6-9-13(2)15(12)19-17(23)21-11-7-10-14(21)16(22)20-18(3,4)5/h6,8-9,14H,7,10-11H2,1-5H3,(H,19,23)(H,20,22)/t14-/m0/s1. The smallest absolute Gasteiger partial charge is 0.322 e. The number of para-hydroxylation sites is 1. The zero-order valence-electron chi connectivity index (χ0n) is 14.7. The molecule has 1 aliphatic heterocycles. The van der Waals surface area contributed by atoms with E-state index in [2.05, 4.69) is 10.6 Å². The summed E-state index contributed by atoms with van der Waals surface area (Å²) in [5.74, 6) is -0.0772. The van der Waals surface area contributed by atoms with Gasteiger partial charge in [0.25, 0.3) is 0 Å². The van der Waals surface area contributed by atoms with Gasteiger partial charge < -0.3 is 15.5 Å². The molecule has 1 heterocycles. The van der Waals surface area contributed by atoms with Gasteiger partial charge in [-0.25, -0.2) is 4.79 Å². The van der Waals surface area contributed by atoms with Crippen LogP contribution in [0.1, 0.15) is 44.7 Å². The number of rotatable bonds is 2. The van der Waals surface area contributed by atoms with E-state index in [1.807, 2.05) is 52.8 Å². The minimum absolute atomic E-state index is 0.0772. The molecule has 1 atom stereocenters. The molecule has 1 aromatic rings. The van der Waals surface area contributed by atoms with Crippen molar-refractivity contribution in [2.45, 2.75) is 59.0 Å². The Hall–Kier alpha value is -2.04. The van der Waals surface area contributed by atoms with Gasteiger partial charge in [-0.3, -0.25) is 4.79 Å². The molecule has 2 rings (SSSR count). The highest BCUT2D eigenvalue weighted by Crippen LogP contribution is 2.23. The number of likely N-dealkylation sites (tertiary alicyclic amines) is 1. The molecular formula is C18H27N3O2. The van der Waals surface area contributed by atoms with Crippen LogP contribution < -0.4 is 10.6 Å². The minimum Gasteiger partial charge on any atom is -0.350 e. The van der Waals surface area contributed by atoms with Gasteiger partial charge in [0.2, 0.25) is 5.91 Å². The van der Waals surface area contributed by atoms with Crippen molar-refractivity contribution in [3.05, 3.63) is 29.3 Å². The Morgan fingerprint density at radius 1 is 1.17 bits per heavy atom. The highest BCUT2D eigenvalue weighted by molar-refractivity contribution is 5.95. The molecule has 5 nitrogen and oxygen atoms in total. The summed E-state index contributed by atoms with van der Waals surface area (Å²) in [5, 5.41) is 5.95. The number of aryl methyl sites for hydroxylation is 2. The topological polar surface area (TPSA) is 61.4 Å². The highest BCUT2D eigenvalue weighted by Gasteiger charge is 2.35. The summed E-state index contributed by atoms with van der Waals surface area (Å²) in [6.45, 7) is 10.4. The molecule has 23 heavy (non-hydrogen) atoms. The highest BCUT2D eigenvalue weighted by atomic mass is 16.2. The zero-order valence-corrected chi connectivity index (χ0v) is 14.7. The van der Waals surface area contributed by atoms with E-state index >= 15 is 0 Å². The second-order valence-electron chi connectivity index (χ2n) is 7.29. The summed E-state index contributed by atoms with van der Waals surface area (Å²) in [6.07, 6.45) is 1.56. The molecule has 1 saturated heterocycles. The molecule has 0 saturated carbocycles. The number of carbonyl (C=O) groups is 2. The van der Waals surface area contributed by atoms with Crippen molar-refractivity contribution >= 4 is 17.6 Å². The molecule has 0 aliphatic carbocycles. The average molecular weight is 317 g/mol. The molecule has 0 unspecified atom stereocenters. The third kappa shape index (κ3) is 4.24. The van der Waals surface area contributed by atoms with E-state index in [0.717, 1.165) is 23.2 Å². The summed E-state index contributed by atoms with van der Waals surface area (Å²) in [6, 6.07) is 5.32. The minimum atomic E-state index is -0.390. The third-order valence-corrected chi connectivity index (χ3v) is 4.03. The number of nitrogens with one attached hydrogen (secondary N) is 2. The molecule has 2 N–H and O–H groups in total. The summed E-state index contributed by atoms with van der Waals surface area (Å²) >= 11 is 0. The maximum absolute atomic E-state index is 12.6. The predicted octanol–water partition coefficient (Wildman–Crippen LogP) is 3.21. The van der Waals surface area contributed by atoms with Crippen LogP contribution in [0.4, 0.5) is 10.5 Å². The summed E-state index contributed by atoms with van der Waals surface area (Å²) in [5.41, 5.74) is 2.58. The fourth-order valence-corrected chi connectivity index (χ4v) is 2.93. The van der Waals surface area contributed by atoms with E-state index < -0.39 is 6.04 Å². The van der Waals surface area contributed by atoms with Crippen LogP contribution in [0.3, 0.4) is 0 Å². The average Bonchev–Trinajstić information content (AvgIpc) is 2.90. The number of anilines is 1. The Kier molecular flexibility index (Phi) is 4.97. The fraction of sp³-hybridized carbons (Fsp3) is 0.556. The van der Waals surface area contributed by atoms with Gasteiger partial charge in [0.05, 0.1) is 0 Å². The number of hydrogen-bond donors (Lipinski definition) is 2. The first kappa shape index (κ1) is 17.3. The molecule has 1 aliphatic rings. The molecule has 0 bridgehead atoms. The van der Waals surface area contributed by atoms with Gasteiger partial charge >= 0.3 is 6.03 Å². The Labute approximate surface area is 138 Å². The lowest BCUT2D eigenvalue weighted by Gasteiger charge is -2.28. The van der Waals surface area contributed by atoms with Crippen molar-refractivity contribution in [3.63, 3.8) is 0 Å². The monoisotopic (exact) mass is 317 g/mol. The second kappa shape index (κ2) is 6.60. The van der Waals surface area contributed by atoms with Crippen molar-refractivity contribution < 1.29 is 9.59 Å². The number of carbonyl (C=O) groups excluding carboxylic acids is 2. The SMILES string of the molecule is Cc1cccc(C)c1NC(=O)N1CCC[C@H]1C(=O)NC(C)(C)C. The summed E-state index contributed by atoms with van der Waals surface area (Å²) in [7, 11) is 0. The first-order chi connectivity index (χ1) is 10.7. The van der Waals surface area contributed by atoms with Crippen molar-refractivity contribution in [1.29, 1.82) is 0 Å². The predicted molar refractivity (Wildman–Crippen MR) is 92.6 cm³/mol. The van der Waals surface area contributed by atoms with Crippen LogP contribution in [0.2, 0.25) is 0 Å². The number of hydrogen-bond acceptors (Lipinski definition) is 2. The second-order valence-corrected chi connectivity index (χ2v) is 7.29. The van der Waals surface area contributed by atoms with Gasteiger partial charge in [0.15, 0.2) is 0 Å². The normalized spacial score (nSPS) is 18.0. The number of benzene rings is 1. The van der Waals surface area contributed by atoms with Crippen molar-refractivity contribution in [2.75, 3.05) is 11.9 Å². The molecule has 1 aromatic carbocycles. The van der Waals surface area contributed by atoms with Gasteiger partial charge in [-0.1, -0.05) is 18.2 Å². The van der Waals surface area contributed by atoms with Gasteiger partial charge in [0, 0.05) is 17.8 Å². The maximum Gasteiger partial charge on any atom is 0.322 e. The fourth-order valence-electron chi connectivity index (χ4n) is 2.93. The Morgan fingerprint density at radius 2 is 1.78 bits per heavy atom. The third-order valence-electron chi connectivity index (χ3n) is 4.03. The van der Waals surface area contributed by atoms with Crippen LogP contribution in [-0.4, -0.2) is 35.0 Å².